The van der Waals surface area contributed by atoms with Gasteiger partial charge in [0.2, 0.25) is 12.2 Å². The van der Waals surface area contributed by atoms with Gasteiger partial charge in [0.05, 0.1) is 0 Å². The molecular formula is C13H11N3O2. The average Bonchev–Trinajstić information content (AvgIpc) is 3.00. The molecule has 3 aromatic rings. The molecule has 0 aliphatic rings. The van der Waals surface area contributed by atoms with Crippen LogP contribution < -0.4 is 0 Å². The molecule has 0 bridgehead atoms. The van der Waals surface area contributed by atoms with Crippen LogP contribution in [0.5, 0.6) is 0 Å². The number of aryl methyl sites for hydroxylation is 2. The number of aromatic nitrogens is 3. The Kier molecular flexibility index (Phi) is 2.44. The second-order valence-electron chi connectivity index (χ2n) is 4.15. The van der Waals surface area contributed by atoms with Crippen LogP contribution in [0.25, 0.3) is 22.8 Å². The summed E-state index contributed by atoms with van der Waals surface area (Å²) in [6.07, 6.45) is 1.27. The van der Waals surface area contributed by atoms with E-state index >= 15 is 0 Å². The Hall–Kier alpha value is -2.43. The van der Waals surface area contributed by atoms with Gasteiger partial charge in [-0.1, -0.05) is 28.0 Å². The molecule has 1 aromatic carbocycles. The molecule has 2 heterocycles. The lowest BCUT2D eigenvalue weighted by atomic mass is 10.0. The zero-order valence-corrected chi connectivity index (χ0v) is 10.0. The van der Waals surface area contributed by atoms with Crippen molar-refractivity contribution in [3.63, 3.8) is 0 Å². The van der Waals surface area contributed by atoms with Gasteiger partial charge in [-0.2, -0.15) is 4.98 Å². The summed E-state index contributed by atoms with van der Waals surface area (Å²) in [6, 6.07) is 8.00. The van der Waals surface area contributed by atoms with E-state index in [1.165, 1.54) is 12.0 Å². The summed E-state index contributed by atoms with van der Waals surface area (Å²) in [7, 11) is 0. The molecule has 0 saturated heterocycles. The molecule has 0 spiro atoms. The van der Waals surface area contributed by atoms with Crippen LogP contribution >= 0.6 is 0 Å². The lowest BCUT2D eigenvalue weighted by Crippen LogP contribution is -1.82. The highest BCUT2D eigenvalue weighted by molar-refractivity contribution is 5.66. The molecule has 2 aromatic heterocycles. The zero-order valence-electron chi connectivity index (χ0n) is 10.0. The Labute approximate surface area is 103 Å². The minimum absolute atomic E-state index is 0.426. The third-order valence-electron chi connectivity index (χ3n) is 2.76. The molecule has 0 amide bonds. The smallest absolute Gasteiger partial charge is 0.224 e. The van der Waals surface area contributed by atoms with E-state index in [-0.39, 0.29) is 0 Å². The number of rotatable bonds is 2. The third kappa shape index (κ3) is 1.79. The van der Waals surface area contributed by atoms with Gasteiger partial charge in [-0.05, 0) is 25.5 Å². The van der Waals surface area contributed by atoms with Crippen molar-refractivity contribution in [2.45, 2.75) is 13.8 Å². The molecule has 5 heteroatoms. The fourth-order valence-electron chi connectivity index (χ4n) is 1.79. The van der Waals surface area contributed by atoms with Gasteiger partial charge in [-0.3, -0.25) is 0 Å². The van der Waals surface area contributed by atoms with Crippen molar-refractivity contribution in [1.82, 2.24) is 15.3 Å². The monoisotopic (exact) mass is 241 g/mol. The van der Waals surface area contributed by atoms with Crippen molar-refractivity contribution in [3.8, 4) is 22.8 Å². The highest BCUT2D eigenvalue weighted by atomic mass is 16.5. The summed E-state index contributed by atoms with van der Waals surface area (Å²) in [5, 5.41) is 7.67. The molecule has 0 aliphatic carbocycles. The number of nitrogens with zero attached hydrogens (tertiary/aromatic N) is 3. The van der Waals surface area contributed by atoms with Crippen molar-refractivity contribution in [1.29, 1.82) is 0 Å². The van der Waals surface area contributed by atoms with Crippen LogP contribution in [0.15, 0.2) is 39.7 Å². The van der Waals surface area contributed by atoms with Crippen molar-refractivity contribution in [2.75, 3.05) is 0 Å². The van der Waals surface area contributed by atoms with Crippen LogP contribution in [0.3, 0.4) is 0 Å². The Morgan fingerprint density at radius 2 is 1.94 bits per heavy atom. The SMILES string of the molecule is Cc1ccc(C)c(-c2cc(-c3ncon3)no2)c1. The standard InChI is InChI=1S/C13H11N3O2/c1-8-3-4-9(2)10(5-8)12-6-11(15-18-12)13-14-7-17-16-13/h3-7H,1-2H3. The maximum absolute atomic E-state index is 5.34. The topological polar surface area (TPSA) is 65.0 Å². The normalized spacial score (nSPS) is 10.8. The van der Waals surface area contributed by atoms with E-state index in [4.69, 9.17) is 4.52 Å². The van der Waals surface area contributed by atoms with Crippen molar-refractivity contribution in [2.24, 2.45) is 0 Å². The largest absolute Gasteiger partial charge is 0.356 e. The van der Waals surface area contributed by atoms with Gasteiger partial charge in [-0.15, -0.1) is 0 Å². The van der Waals surface area contributed by atoms with Gasteiger partial charge < -0.3 is 9.05 Å². The van der Waals surface area contributed by atoms with Crippen LogP contribution in [0.4, 0.5) is 0 Å². The summed E-state index contributed by atoms with van der Waals surface area (Å²) in [6.45, 7) is 4.07. The molecule has 90 valence electrons. The van der Waals surface area contributed by atoms with Gasteiger partial charge in [0, 0.05) is 11.6 Å². The highest BCUT2D eigenvalue weighted by Crippen LogP contribution is 2.27. The number of hydrogen-bond donors (Lipinski definition) is 0. The lowest BCUT2D eigenvalue weighted by molar-refractivity contribution is 0.415. The van der Waals surface area contributed by atoms with Gasteiger partial charge >= 0.3 is 0 Å². The Morgan fingerprint density at radius 1 is 1.06 bits per heavy atom. The average molecular weight is 241 g/mol. The third-order valence-corrected chi connectivity index (χ3v) is 2.76. The minimum Gasteiger partial charge on any atom is -0.356 e. The van der Waals surface area contributed by atoms with E-state index in [0.29, 0.717) is 17.3 Å². The molecule has 0 N–H and O–H groups in total. The summed E-state index contributed by atoms with van der Waals surface area (Å²) >= 11 is 0. The van der Waals surface area contributed by atoms with Crippen LogP contribution in [0.2, 0.25) is 0 Å². The molecule has 0 radical (unpaired) electrons. The Morgan fingerprint density at radius 3 is 2.72 bits per heavy atom. The van der Waals surface area contributed by atoms with Crippen molar-refractivity contribution < 1.29 is 9.05 Å². The van der Waals surface area contributed by atoms with Crippen molar-refractivity contribution in [3.05, 3.63) is 41.8 Å². The molecule has 5 nitrogen and oxygen atoms in total. The maximum atomic E-state index is 5.34. The Balaban J connectivity index is 2.05. The minimum atomic E-state index is 0.426. The summed E-state index contributed by atoms with van der Waals surface area (Å²) < 4.78 is 10.0. The van der Waals surface area contributed by atoms with Crippen molar-refractivity contribution >= 4 is 0 Å². The quantitative estimate of drug-likeness (QED) is 0.690. The first-order valence-corrected chi connectivity index (χ1v) is 5.55. The maximum Gasteiger partial charge on any atom is 0.224 e. The molecule has 0 aliphatic heterocycles. The van der Waals surface area contributed by atoms with Gasteiger partial charge in [0.25, 0.3) is 0 Å². The fraction of sp³-hybridized carbons (Fsp3) is 0.154. The van der Waals surface area contributed by atoms with Crippen LogP contribution in [0, 0.1) is 13.8 Å². The summed E-state index contributed by atoms with van der Waals surface area (Å²) in [5.74, 6) is 1.13. The molecule has 0 fully saturated rings. The second kappa shape index (κ2) is 4.10. The van der Waals surface area contributed by atoms with Crippen LogP contribution in [-0.4, -0.2) is 15.3 Å². The molecular weight excluding hydrogens is 230 g/mol. The fourth-order valence-corrected chi connectivity index (χ4v) is 1.79. The second-order valence-corrected chi connectivity index (χ2v) is 4.15. The van der Waals surface area contributed by atoms with E-state index in [0.717, 1.165) is 11.1 Å². The summed E-state index contributed by atoms with van der Waals surface area (Å²) in [4.78, 5) is 3.93. The number of hydrogen-bond acceptors (Lipinski definition) is 5. The first-order valence-electron chi connectivity index (χ1n) is 5.55. The summed E-state index contributed by atoms with van der Waals surface area (Å²) in [5.41, 5.74) is 3.90. The van der Waals surface area contributed by atoms with E-state index in [2.05, 4.69) is 38.0 Å². The molecule has 18 heavy (non-hydrogen) atoms. The van der Waals surface area contributed by atoms with Crippen LogP contribution in [0.1, 0.15) is 11.1 Å². The van der Waals surface area contributed by atoms with Gasteiger partial charge in [0.1, 0.15) is 0 Å². The van der Waals surface area contributed by atoms with Gasteiger partial charge in [0.15, 0.2) is 11.5 Å². The van der Waals surface area contributed by atoms with E-state index in [1.807, 2.05) is 19.9 Å². The Bertz CT molecular complexity index is 671. The van der Waals surface area contributed by atoms with Gasteiger partial charge in [-0.25, -0.2) is 0 Å². The molecule has 0 saturated carbocycles. The lowest BCUT2D eigenvalue weighted by Gasteiger charge is -2.02. The predicted molar refractivity (Wildman–Crippen MR) is 64.7 cm³/mol. The zero-order chi connectivity index (χ0) is 12.5. The van der Waals surface area contributed by atoms with E-state index in [9.17, 15) is 0 Å². The predicted octanol–water partition coefficient (Wildman–Crippen LogP) is 3.01. The van der Waals surface area contributed by atoms with E-state index < -0.39 is 0 Å². The molecule has 3 rings (SSSR count). The van der Waals surface area contributed by atoms with E-state index in [1.54, 1.807) is 0 Å². The number of benzene rings is 1. The van der Waals surface area contributed by atoms with Crippen LogP contribution in [-0.2, 0) is 0 Å². The first-order chi connectivity index (χ1) is 8.74. The molecule has 0 atom stereocenters. The first kappa shape index (κ1) is 10.7. The highest BCUT2D eigenvalue weighted by Gasteiger charge is 2.13. The molecule has 0 unspecified atom stereocenters.